The van der Waals surface area contributed by atoms with Crippen molar-refractivity contribution in [2.24, 2.45) is 5.92 Å². The zero-order chi connectivity index (χ0) is 16.4. The van der Waals surface area contributed by atoms with E-state index in [4.69, 9.17) is 9.26 Å². The van der Waals surface area contributed by atoms with E-state index in [0.29, 0.717) is 23.6 Å². The Morgan fingerprint density at radius 3 is 2.67 bits per heavy atom. The van der Waals surface area contributed by atoms with Crippen molar-refractivity contribution in [1.82, 2.24) is 15.0 Å². The SMILES string of the molecule is O=C(CC1CCCC1)N1CCC(c2nc(C3CCOCC3)no2)C1. The number of hydrogen-bond acceptors (Lipinski definition) is 5. The number of rotatable bonds is 4. The number of ether oxygens (including phenoxy) is 1. The lowest BCUT2D eigenvalue weighted by molar-refractivity contribution is -0.131. The van der Waals surface area contributed by atoms with Gasteiger partial charge in [0.1, 0.15) is 0 Å². The Morgan fingerprint density at radius 1 is 1.08 bits per heavy atom. The van der Waals surface area contributed by atoms with E-state index in [1.54, 1.807) is 0 Å². The molecule has 2 aliphatic heterocycles. The van der Waals surface area contributed by atoms with Crippen LogP contribution < -0.4 is 0 Å². The van der Waals surface area contributed by atoms with Crippen molar-refractivity contribution in [3.63, 3.8) is 0 Å². The zero-order valence-corrected chi connectivity index (χ0v) is 14.3. The summed E-state index contributed by atoms with van der Waals surface area (Å²) in [7, 11) is 0. The maximum atomic E-state index is 12.5. The molecule has 1 amide bonds. The molecule has 4 rings (SSSR count). The van der Waals surface area contributed by atoms with Crippen LogP contribution in [0.3, 0.4) is 0 Å². The van der Waals surface area contributed by atoms with Crippen LogP contribution in [0.5, 0.6) is 0 Å². The predicted molar refractivity (Wildman–Crippen MR) is 87.6 cm³/mol. The second kappa shape index (κ2) is 7.21. The van der Waals surface area contributed by atoms with Gasteiger partial charge in [-0.2, -0.15) is 4.98 Å². The predicted octanol–water partition coefficient (Wildman–Crippen LogP) is 2.86. The van der Waals surface area contributed by atoms with Crippen molar-refractivity contribution in [2.75, 3.05) is 26.3 Å². The van der Waals surface area contributed by atoms with Gasteiger partial charge in [0, 0.05) is 38.6 Å². The standard InChI is InChI=1S/C18H27N3O3/c22-16(11-13-3-1-2-4-13)21-8-5-15(12-21)18-19-17(20-24-18)14-6-9-23-10-7-14/h13-15H,1-12H2. The third-order valence-corrected chi connectivity index (χ3v) is 5.87. The summed E-state index contributed by atoms with van der Waals surface area (Å²) < 4.78 is 10.9. The number of likely N-dealkylation sites (tertiary alicyclic amines) is 1. The van der Waals surface area contributed by atoms with Crippen LogP contribution in [0.2, 0.25) is 0 Å². The van der Waals surface area contributed by atoms with Gasteiger partial charge in [-0.3, -0.25) is 4.79 Å². The molecule has 0 N–H and O–H groups in total. The fourth-order valence-electron chi connectivity index (χ4n) is 4.31. The summed E-state index contributed by atoms with van der Waals surface area (Å²) in [5, 5.41) is 4.19. The van der Waals surface area contributed by atoms with Crippen LogP contribution in [0, 0.1) is 5.92 Å². The molecule has 0 aromatic carbocycles. The molecule has 6 nitrogen and oxygen atoms in total. The van der Waals surface area contributed by atoms with Crippen LogP contribution in [-0.4, -0.2) is 47.3 Å². The second-order valence-electron chi connectivity index (χ2n) is 7.56. The van der Waals surface area contributed by atoms with Gasteiger partial charge < -0.3 is 14.2 Å². The Hall–Kier alpha value is -1.43. The topological polar surface area (TPSA) is 68.5 Å². The fourth-order valence-corrected chi connectivity index (χ4v) is 4.31. The van der Waals surface area contributed by atoms with Crippen molar-refractivity contribution in [1.29, 1.82) is 0 Å². The summed E-state index contributed by atoms with van der Waals surface area (Å²) in [5.41, 5.74) is 0. The van der Waals surface area contributed by atoms with Gasteiger partial charge in [0.15, 0.2) is 5.82 Å². The third kappa shape index (κ3) is 3.48. The van der Waals surface area contributed by atoms with E-state index in [9.17, 15) is 4.79 Å². The maximum absolute atomic E-state index is 12.5. The smallest absolute Gasteiger partial charge is 0.231 e. The van der Waals surface area contributed by atoms with E-state index in [1.807, 2.05) is 4.90 Å². The van der Waals surface area contributed by atoms with Gasteiger partial charge in [-0.1, -0.05) is 18.0 Å². The molecule has 0 spiro atoms. The van der Waals surface area contributed by atoms with Crippen LogP contribution in [-0.2, 0) is 9.53 Å². The fraction of sp³-hybridized carbons (Fsp3) is 0.833. The lowest BCUT2D eigenvalue weighted by Crippen LogP contribution is -2.29. The first-order valence-corrected chi connectivity index (χ1v) is 9.48. The highest BCUT2D eigenvalue weighted by Gasteiger charge is 2.33. The molecule has 1 aromatic rings. The molecule has 3 aliphatic rings. The maximum Gasteiger partial charge on any atom is 0.231 e. The van der Waals surface area contributed by atoms with Crippen molar-refractivity contribution >= 4 is 5.91 Å². The van der Waals surface area contributed by atoms with E-state index in [-0.39, 0.29) is 5.92 Å². The largest absolute Gasteiger partial charge is 0.381 e. The molecule has 0 radical (unpaired) electrons. The van der Waals surface area contributed by atoms with Crippen LogP contribution in [0.4, 0.5) is 0 Å². The Balaban J connectivity index is 1.32. The Labute approximate surface area is 142 Å². The highest BCUT2D eigenvalue weighted by Crippen LogP contribution is 2.32. The second-order valence-corrected chi connectivity index (χ2v) is 7.56. The molecule has 6 heteroatoms. The first-order chi connectivity index (χ1) is 11.8. The third-order valence-electron chi connectivity index (χ3n) is 5.87. The average molecular weight is 333 g/mol. The summed E-state index contributed by atoms with van der Waals surface area (Å²) >= 11 is 0. The summed E-state index contributed by atoms with van der Waals surface area (Å²) in [6, 6.07) is 0. The lowest BCUT2D eigenvalue weighted by Gasteiger charge is -2.18. The summed E-state index contributed by atoms with van der Waals surface area (Å²) in [4.78, 5) is 19.1. The van der Waals surface area contributed by atoms with Crippen molar-refractivity contribution in [3.8, 4) is 0 Å². The minimum absolute atomic E-state index is 0.207. The number of amides is 1. The van der Waals surface area contributed by atoms with Gasteiger partial charge in [-0.15, -0.1) is 0 Å². The van der Waals surface area contributed by atoms with Gasteiger partial charge in [0.2, 0.25) is 11.8 Å². The van der Waals surface area contributed by atoms with E-state index in [1.165, 1.54) is 25.7 Å². The Kier molecular flexibility index (Phi) is 4.83. The zero-order valence-electron chi connectivity index (χ0n) is 14.3. The monoisotopic (exact) mass is 333 g/mol. The number of carbonyl (C=O) groups excluding carboxylic acids is 1. The number of hydrogen-bond donors (Lipinski definition) is 0. The number of aromatic nitrogens is 2. The highest BCUT2D eigenvalue weighted by molar-refractivity contribution is 5.76. The minimum Gasteiger partial charge on any atom is -0.381 e. The molecule has 132 valence electrons. The summed E-state index contributed by atoms with van der Waals surface area (Å²) in [6.07, 6.45) is 8.62. The molecule has 0 bridgehead atoms. The van der Waals surface area contributed by atoms with E-state index < -0.39 is 0 Å². The van der Waals surface area contributed by atoms with E-state index >= 15 is 0 Å². The molecular weight excluding hydrogens is 306 g/mol. The van der Waals surface area contributed by atoms with Crippen molar-refractivity contribution in [3.05, 3.63) is 11.7 Å². The Morgan fingerprint density at radius 2 is 1.88 bits per heavy atom. The van der Waals surface area contributed by atoms with Crippen LogP contribution >= 0.6 is 0 Å². The molecule has 3 heterocycles. The average Bonchev–Trinajstić information content (AvgIpc) is 3.36. The van der Waals surface area contributed by atoms with E-state index in [0.717, 1.165) is 57.8 Å². The number of nitrogens with zero attached hydrogens (tertiary/aromatic N) is 3. The van der Waals surface area contributed by atoms with Gasteiger partial charge in [-0.25, -0.2) is 0 Å². The van der Waals surface area contributed by atoms with Crippen molar-refractivity contribution in [2.45, 2.75) is 63.2 Å². The minimum atomic E-state index is 0.207. The van der Waals surface area contributed by atoms with Crippen LogP contribution in [0.25, 0.3) is 0 Å². The number of carbonyl (C=O) groups is 1. The first-order valence-electron chi connectivity index (χ1n) is 9.48. The van der Waals surface area contributed by atoms with Gasteiger partial charge in [-0.05, 0) is 38.0 Å². The quantitative estimate of drug-likeness (QED) is 0.847. The molecule has 1 saturated carbocycles. The Bertz CT molecular complexity index is 562. The van der Waals surface area contributed by atoms with Crippen molar-refractivity contribution < 1.29 is 14.1 Å². The normalized spacial score (nSPS) is 26.3. The molecule has 24 heavy (non-hydrogen) atoms. The molecule has 2 saturated heterocycles. The molecule has 1 aromatic heterocycles. The molecule has 1 aliphatic carbocycles. The van der Waals surface area contributed by atoms with E-state index in [2.05, 4.69) is 10.1 Å². The highest BCUT2D eigenvalue weighted by atomic mass is 16.5. The first kappa shape index (κ1) is 16.1. The molecular formula is C18H27N3O3. The molecule has 1 atom stereocenters. The molecule has 3 fully saturated rings. The van der Waals surface area contributed by atoms with Gasteiger partial charge in [0.05, 0.1) is 5.92 Å². The van der Waals surface area contributed by atoms with Crippen LogP contribution in [0.1, 0.15) is 74.9 Å². The van der Waals surface area contributed by atoms with Gasteiger partial charge >= 0.3 is 0 Å². The molecule has 1 unspecified atom stereocenters. The van der Waals surface area contributed by atoms with Crippen LogP contribution in [0.15, 0.2) is 4.52 Å². The lowest BCUT2D eigenvalue weighted by atomic mass is 10.00. The van der Waals surface area contributed by atoms with Gasteiger partial charge in [0.25, 0.3) is 0 Å². The summed E-state index contributed by atoms with van der Waals surface area (Å²) in [6.45, 7) is 3.12. The summed E-state index contributed by atoms with van der Waals surface area (Å²) in [5.74, 6) is 3.03.